The average Bonchev–Trinajstić information content (AvgIpc) is 2.93. The highest BCUT2D eigenvalue weighted by molar-refractivity contribution is 7.13. The number of nitrogens with zero attached hydrogens (tertiary/aromatic N) is 1. The number of carbonyl (C=O) groups is 2. The van der Waals surface area contributed by atoms with E-state index in [2.05, 4.69) is 10.3 Å². The Morgan fingerprint density at radius 3 is 2.57 bits per heavy atom. The van der Waals surface area contributed by atoms with Gasteiger partial charge in [-0.05, 0) is 5.56 Å². The normalized spacial score (nSPS) is 9.71. The number of hydrogen-bond donors (Lipinski definition) is 2. The van der Waals surface area contributed by atoms with E-state index in [4.69, 9.17) is 5.73 Å². The van der Waals surface area contributed by atoms with Gasteiger partial charge in [0.2, 0.25) is 5.91 Å². The van der Waals surface area contributed by atoms with Crippen LogP contribution in [-0.4, -0.2) is 16.8 Å². The van der Waals surface area contributed by atoms with Crippen molar-refractivity contribution < 1.29 is 9.59 Å². The minimum Gasteiger partial charge on any atom is -0.365 e. The van der Waals surface area contributed by atoms with Crippen molar-refractivity contribution in [1.82, 2.24) is 10.3 Å². The van der Waals surface area contributed by atoms with Crippen molar-refractivity contribution in [2.24, 2.45) is 5.73 Å². The van der Waals surface area contributed by atoms with Gasteiger partial charge in [-0.2, -0.15) is 0 Å². The van der Waals surface area contributed by atoms with Crippen molar-refractivity contribution >= 4 is 35.6 Å². The van der Waals surface area contributed by atoms with Crippen LogP contribution in [-0.2, 0) is 17.8 Å². The fourth-order valence-electron chi connectivity index (χ4n) is 1.65. The van der Waals surface area contributed by atoms with Crippen LogP contribution in [0.2, 0.25) is 0 Å². The van der Waals surface area contributed by atoms with Crippen LogP contribution in [0.4, 0.5) is 0 Å². The molecule has 0 fully saturated rings. The van der Waals surface area contributed by atoms with E-state index in [-0.39, 0.29) is 18.3 Å². The van der Waals surface area contributed by atoms with E-state index in [1.165, 1.54) is 17.5 Å². The van der Waals surface area contributed by atoms with Crippen molar-refractivity contribution in [3.05, 3.63) is 52.0 Å². The molecule has 21 heavy (non-hydrogen) atoms. The molecule has 5 nitrogen and oxygen atoms in total. The van der Waals surface area contributed by atoms with Gasteiger partial charge < -0.3 is 11.1 Å². The first-order valence-corrected chi connectivity index (χ1v) is 7.02. The quantitative estimate of drug-likeness (QED) is 0.850. The highest BCUT2D eigenvalue weighted by Crippen LogP contribution is 2.13. The summed E-state index contributed by atoms with van der Waals surface area (Å²) >= 11 is 1.23. The summed E-state index contributed by atoms with van der Waals surface area (Å²) in [6, 6.07) is 9.72. The standard InChI is InChI=1S/C14H15N3O2S.ClH/c15-14(19)11-9-17-13(20-11)7-6-12(18)16-8-10-4-2-1-3-5-10;/h1-5,9H,6-8H2,(H2,15,19)(H,16,18);1H. The third-order valence-corrected chi connectivity index (χ3v) is 3.77. The van der Waals surface area contributed by atoms with Gasteiger partial charge in [-0.1, -0.05) is 30.3 Å². The van der Waals surface area contributed by atoms with Gasteiger partial charge in [0, 0.05) is 19.4 Å². The molecule has 112 valence electrons. The van der Waals surface area contributed by atoms with Crippen molar-refractivity contribution in [2.45, 2.75) is 19.4 Å². The van der Waals surface area contributed by atoms with E-state index in [0.717, 1.165) is 10.6 Å². The van der Waals surface area contributed by atoms with E-state index in [0.29, 0.717) is 24.3 Å². The van der Waals surface area contributed by atoms with Crippen LogP contribution in [0.1, 0.15) is 26.7 Å². The molecule has 0 radical (unpaired) electrons. The second-order valence-electron chi connectivity index (χ2n) is 4.24. The molecule has 1 aromatic heterocycles. The molecule has 2 rings (SSSR count). The minimum absolute atomic E-state index is 0. The van der Waals surface area contributed by atoms with Gasteiger partial charge in [0.1, 0.15) is 4.88 Å². The number of amides is 2. The molecule has 0 saturated heterocycles. The van der Waals surface area contributed by atoms with Gasteiger partial charge in [-0.15, -0.1) is 23.7 Å². The van der Waals surface area contributed by atoms with Crippen molar-refractivity contribution in [3.63, 3.8) is 0 Å². The van der Waals surface area contributed by atoms with Crippen LogP contribution in [0.25, 0.3) is 0 Å². The predicted molar refractivity (Wildman–Crippen MR) is 84.5 cm³/mol. The Balaban J connectivity index is 0.00000220. The van der Waals surface area contributed by atoms with Crippen LogP contribution in [0.15, 0.2) is 36.5 Å². The number of nitrogens with two attached hydrogens (primary N) is 1. The maximum absolute atomic E-state index is 11.7. The zero-order valence-corrected chi connectivity index (χ0v) is 12.9. The minimum atomic E-state index is -0.484. The maximum atomic E-state index is 11.7. The second kappa shape index (κ2) is 8.39. The number of carbonyl (C=O) groups excluding carboxylic acids is 2. The lowest BCUT2D eigenvalue weighted by atomic mass is 10.2. The number of aromatic nitrogens is 1. The molecule has 2 aromatic rings. The SMILES string of the molecule is Cl.NC(=O)c1cnc(CCC(=O)NCc2ccccc2)s1. The Bertz CT molecular complexity index is 601. The van der Waals surface area contributed by atoms with Gasteiger partial charge in [-0.3, -0.25) is 9.59 Å². The number of rotatable bonds is 6. The Morgan fingerprint density at radius 1 is 1.24 bits per heavy atom. The molecule has 0 aliphatic rings. The molecular weight excluding hydrogens is 310 g/mol. The van der Waals surface area contributed by atoms with E-state index in [1.54, 1.807) is 0 Å². The van der Waals surface area contributed by atoms with E-state index < -0.39 is 5.91 Å². The summed E-state index contributed by atoms with van der Waals surface area (Å²) in [6.45, 7) is 0.518. The summed E-state index contributed by atoms with van der Waals surface area (Å²) in [7, 11) is 0. The molecule has 7 heteroatoms. The van der Waals surface area contributed by atoms with Crippen molar-refractivity contribution in [2.75, 3.05) is 0 Å². The van der Waals surface area contributed by atoms with Crippen LogP contribution in [0.3, 0.4) is 0 Å². The Morgan fingerprint density at radius 2 is 1.95 bits per heavy atom. The van der Waals surface area contributed by atoms with Crippen LogP contribution in [0.5, 0.6) is 0 Å². The Hall–Kier alpha value is -1.92. The third kappa shape index (κ3) is 5.53. The summed E-state index contributed by atoms with van der Waals surface area (Å²) in [5.74, 6) is -0.521. The van der Waals surface area contributed by atoms with Gasteiger partial charge in [0.15, 0.2) is 0 Å². The second-order valence-corrected chi connectivity index (χ2v) is 5.36. The maximum Gasteiger partial charge on any atom is 0.260 e. The molecule has 0 atom stereocenters. The monoisotopic (exact) mass is 325 g/mol. The Kier molecular flexibility index (Phi) is 6.84. The predicted octanol–water partition coefficient (Wildman–Crippen LogP) is 1.91. The molecular formula is C14H16ClN3O2S. The average molecular weight is 326 g/mol. The number of aryl methyl sites for hydroxylation is 1. The first-order chi connectivity index (χ1) is 9.65. The fourth-order valence-corrected chi connectivity index (χ4v) is 2.41. The van der Waals surface area contributed by atoms with E-state index in [9.17, 15) is 9.59 Å². The largest absolute Gasteiger partial charge is 0.365 e. The highest BCUT2D eigenvalue weighted by atomic mass is 35.5. The molecule has 0 spiro atoms. The van der Waals surface area contributed by atoms with Gasteiger partial charge in [0.25, 0.3) is 5.91 Å². The van der Waals surface area contributed by atoms with Gasteiger partial charge in [0.05, 0.1) is 11.2 Å². The lowest BCUT2D eigenvalue weighted by molar-refractivity contribution is -0.121. The number of primary amides is 1. The summed E-state index contributed by atoms with van der Waals surface area (Å²) < 4.78 is 0. The molecule has 0 aliphatic heterocycles. The first-order valence-electron chi connectivity index (χ1n) is 6.20. The topological polar surface area (TPSA) is 85.1 Å². The smallest absolute Gasteiger partial charge is 0.260 e. The van der Waals surface area contributed by atoms with E-state index >= 15 is 0 Å². The van der Waals surface area contributed by atoms with Gasteiger partial charge >= 0.3 is 0 Å². The molecule has 1 heterocycles. The summed E-state index contributed by atoms with van der Waals surface area (Å²) in [5, 5.41) is 3.59. The molecule has 0 bridgehead atoms. The van der Waals surface area contributed by atoms with Crippen LogP contribution < -0.4 is 11.1 Å². The van der Waals surface area contributed by atoms with Crippen LogP contribution in [0, 0.1) is 0 Å². The highest BCUT2D eigenvalue weighted by Gasteiger charge is 2.08. The number of halogens is 1. The third-order valence-electron chi connectivity index (χ3n) is 2.69. The van der Waals surface area contributed by atoms with Crippen molar-refractivity contribution in [3.8, 4) is 0 Å². The molecule has 0 aliphatic carbocycles. The molecule has 0 saturated carbocycles. The van der Waals surface area contributed by atoms with Gasteiger partial charge in [-0.25, -0.2) is 4.98 Å². The van der Waals surface area contributed by atoms with E-state index in [1.807, 2.05) is 30.3 Å². The lowest BCUT2D eigenvalue weighted by Gasteiger charge is -2.04. The summed E-state index contributed by atoms with van der Waals surface area (Å²) in [6.07, 6.45) is 2.31. The lowest BCUT2D eigenvalue weighted by Crippen LogP contribution is -2.22. The van der Waals surface area contributed by atoms with Crippen molar-refractivity contribution in [1.29, 1.82) is 0 Å². The summed E-state index contributed by atoms with van der Waals surface area (Å²) in [4.78, 5) is 27.1. The molecule has 2 amide bonds. The number of thiazole rings is 1. The first kappa shape index (κ1) is 17.1. The number of nitrogens with one attached hydrogen (secondary N) is 1. The number of hydrogen-bond acceptors (Lipinski definition) is 4. The molecule has 1 aromatic carbocycles. The fraction of sp³-hybridized carbons (Fsp3) is 0.214. The molecule has 0 unspecified atom stereocenters. The Labute approximate surface area is 133 Å². The molecule has 3 N–H and O–H groups in total. The summed E-state index contributed by atoms with van der Waals surface area (Å²) in [5.41, 5.74) is 6.21. The zero-order valence-electron chi connectivity index (χ0n) is 11.2. The van der Waals surface area contributed by atoms with Crippen LogP contribution >= 0.6 is 23.7 Å². The number of benzene rings is 1. The zero-order chi connectivity index (χ0) is 14.4.